The van der Waals surface area contributed by atoms with Crippen LogP contribution in [0.1, 0.15) is 53.8 Å². The van der Waals surface area contributed by atoms with Crippen LogP contribution in [0, 0.1) is 0 Å². The minimum absolute atomic E-state index is 0.0650. The summed E-state index contributed by atoms with van der Waals surface area (Å²) in [4.78, 5) is 39.6. The zero-order chi connectivity index (χ0) is 18.1. The van der Waals surface area contributed by atoms with Crippen LogP contribution in [0.5, 0.6) is 0 Å². The Labute approximate surface area is 152 Å². The standard InChI is InChI=1S/C19H25N5O2/c1-2-15-14(5-7-20-15)18(26)24-10-6-13(12-24)16-11-17(25)22-19(21-16)23-8-3-4-9-23/h5,7,11,13,20H,2-4,6,8-10,12H2,1H3,(H,21,22,25). The number of rotatable bonds is 4. The first-order valence-electron chi connectivity index (χ1n) is 9.47. The molecule has 26 heavy (non-hydrogen) atoms. The van der Waals surface area contributed by atoms with Gasteiger partial charge in [-0.15, -0.1) is 0 Å². The fourth-order valence-electron chi connectivity index (χ4n) is 4.00. The Balaban J connectivity index is 1.52. The predicted molar refractivity (Wildman–Crippen MR) is 99.7 cm³/mol. The molecule has 2 fully saturated rings. The van der Waals surface area contributed by atoms with E-state index in [-0.39, 0.29) is 17.4 Å². The van der Waals surface area contributed by atoms with E-state index in [1.54, 1.807) is 6.07 Å². The highest BCUT2D eigenvalue weighted by molar-refractivity contribution is 5.95. The molecule has 2 aliphatic heterocycles. The van der Waals surface area contributed by atoms with Crippen molar-refractivity contribution in [2.45, 2.75) is 38.5 Å². The summed E-state index contributed by atoms with van der Waals surface area (Å²) in [5.74, 6) is 0.857. The van der Waals surface area contributed by atoms with Crippen LogP contribution in [-0.4, -0.2) is 51.9 Å². The van der Waals surface area contributed by atoms with Crippen LogP contribution in [-0.2, 0) is 6.42 Å². The fraction of sp³-hybridized carbons (Fsp3) is 0.526. The average Bonchev–Trinajstić information content (AvgIpc) is 3.41. The van der Waals surface area contributed by atoms with Crippen molar-refractivity contribution in [2.75, 3.05) is 31.1 Å². The lowest BCUT2D eigenvalue weighted by Gasteiger charge is -2.19. The van der Waals surface area contributed by atoms with Crippen molar-refractivity contribution >= 4 is 11.9 Å². The van der Waals surface area contributed by atoms with E-state index in [9.17, 15) is 9.59 Å². The molecule has 2 aromatic heterocycles. The summed E-state index contributed by atoms with van der Waals surface area (Å²) in [5.41, 5.74) is 2.42. The first kappa shape index (κ1) is 16.9. The zero-order valence-corrected chi connectivity index (χ0v) is 15.1. The lowest BCUT2D eigenvalue weighted by molar-refractivity contribution is 0.0790. The van der Waals surface area contributed by atoms with Crippen molar-refractivity contribution in [3.63, 3.8) is 0 Å². The molecule has 1 unspecified atom stereocenters. The normalized spacial score (nSPS) is 20.1. The van der Waals surface area contributed by atoms with Gasteiger partial charge in [0.05, 0.1) is 11.3 Å². The first-order chi connectivity index (χ1) is 12.7. The van der Waals surface area contributed by atoms with Crippen molar-refractivity contribution < 1.29 is 4.79 Å². The van der Waals surface area contributed by atoms with E-state index in [0.717, 1.165) is 55.7 Å². The Kier molecular flexibility index (Phi) is 4.53. The van der Waals surface area contributed by atoms with Gasteiger partial charge in [0.25, 0.3) is 11.5 Å². The Bertz CT molecular complexity index is 850. The van der Waals surface area contributed by atoms with Crippen LogP contribution in [0.15, 0.2) is 23.1 Å². The summed E-state index contributed by atoms with van der Waals surface area (Å²) >= 11 is 0. The van der Waals surface area contributed by atoms with Gasteiger partial charge >= 0.3 is 0 Å². The van der Waals surface area contributed by atoms with Crippen molar-refractivity contribution in [3.8, 4) is 0 Å². The molecule has 0 bridgehead atoms. The van der Waals surface area contributed by atoms with E-state index in [4.69, 9.17) is 4.98 Å². The third-order valence-corrected chi connectivity index (χ3v) is 5.46. The maximum atomic E-state index is 12.8. The van der Waals surface area contributed by atoms with Crippen molar-refractivity contribution in [3.05, 3.63) is 45.6 Å². The molecule has 4 rings (SSSR count). The van der Waals surface area contributed by atoms with E-state index in [2.05, 4.69) is 14.9 Å². The van der Waals surface area contributed by atoms with E-state index in [1.165, 1.54) is 0 Å². The topological polar surface area (TPSA) is 85.1 Å². The van der Waals surface area contributed by atoms with Crippen LogP contribution < -0.4 is 10.5 Å². The monoisotopic (exact) mass is 355 g/mol. The van der Waals surface area contributed by atoms with Gasteiger partial charge in [-0.3, -0.25) is 14.6 Å². The third-order valence-electron chi connectivity index (χ3n) is 5.46. The number of amides is 1. The number of carbonyl (C=O) groups is 1. The first-order valence-corrected chi connectivity index (χ1v) is 9.47. The largest absolute Gasteiger partial charge is 0.364 e. The van der Waals surface area contributed by atoms with E-state index >= 15 is 0 Å². The molecule has 0 spiro atoms. The second-order valence-electron chi connectivity index (χ2n) is 7.15. The van der Waals surface area contributed by atoms with Gasteiger partial charge in [-0.1, -0.05) is 6.92 Å². The van der Waals surface area contributed by atoms with E-state index in [1.807, 2.05) is 24.1 Å². The highest BCUT2D eigenvalue weighted by Crippen LogP contribution is 2.28. The molecule has 0 radical (unpaired) electrons. The number of nitrogens with one attached hydrogen (secondary N) is 2. The van der Waals surface area contributed by atoms with Gasteiger partial charge in [-0.05, 0) is 31.7 Å². The highest BCUT2D eigenvalue weighted by Gasteiger charge is 2.30. The molecule has 7 nitrogen and oxygen atoms in total. The molecule has 1 amide bonds. The van der Waals surface area contributed by atoms with Gasteiger partial charge in [0.15, 0.2) is 0 Å². The van der Waals surface area contributed by atoms with Crippen LogP contribution in [0.4, 0.5) is 5.95 Å². The molecular weight excluding hydrogens is 330 g/mol. The van der Waals surface area contributed by atoms with Crippen molar-refractivity contribution in [1.82, 2.24) is 19.9 Å². The number of likely N-dealkylation sites (tertiary alicyclic amines) is 1. The van der Waals surface area contributed by atoms with Gasteiger partial charge in [-0.2, -0.15) is 0 Å². The molecule has 1 atom stereocenters. The SMILES string of the molecule is CCc1[nH]ccc1C(=O)N1CCC(c2cc(=O)[nH]c(N3CCCC3)n2)C1. The fourth-order valence-corrected chi connectivity index (χ4v) is 4.00. The second-order valence-corrected chi connectivity index (χ2v) is 7.15. The van der Waals surface area contributed by atoms with Gasteiger partial charge in [-0.25, -0.2) is 4.98 Å². The molecule has 2 aliphatic rings. The van der Waals surface area contributed by atoms with E-state index < -0.39 is 0 Å². The number of H-pyrrole nitrogens is 2. The zero-order valence-electron chi connectivity index (χ0n) is 15.1. The second kappa shape index (κ2) is 6.97. The number of carbonyl (C=O) groups excluding carboxylic acids is 1. The average molecular weight is 355 g/mol. The molecule has 2 aromatic rings. The van der Waals surface area contributed by atoms with E-state index in [0.29, 0.717) is 19.0 Å². The molecule has 7 heteroatoms. The van der Waals surface area contributed by atoms with Crippen molar-refractivity contribution in [2.24, 2.45) is 0 Å². The molecule has 138 valence electrons. The molecule has 0 saturated carbocycles. The molecule has 0 aliphatic carbocycles. The Hall–Kier alpha value is -2.57. The molecule has 2 N–H and O–H groups in total. The Morgan fingerprint density at radius 3 is 2.88 bits per heavy atom. The number of aromatic amines is 2. The number of aromatic nitrogens is 3. The van der Waals surface area contributed by atoms with Gasteiger partial charge in [0, 0.05) is 50.1 Å². The van der Waals surface area contributed by atoms with Crippen LogP contribution in [0.3, 0.4) is 0 Å². The number of hydrogen-bond donors (Lipinski definition) is 2. The molecular formula is C19H25N5O2. The lowest BCUT2D eigenvalue weighted by Crippen LogP contribution is -2.29. The van der Waals surface area contributed by atoms with Crippen molar-refractivity contribution in [1.29, 1.82) is 0 Å². The van der Waals surface area contributed by atoms with Crippen LogP contribution in [0.25, 0.3) is 0 Å². The number of nitrogens with zero attached hydrogens (tertiary/aromatic N) is 3. The quantitative estimate of drug-likeness (QED) is 0.877. The predicted octanol–water partition coefficient (Wildman–Crippen LogP) is 1.89. The van der Waals surface area contributed by atoms with Gasteiger partial charge in [0.1, 0.15) is 0 Å². The Morgan fingerprint density at radius 2 is 2.12 bits per heavy atom. The summed E-state index contributed by atoms with van der Waals surface area (Å²) in [6.07, 6.45) is 5.74. The molecule has 4 heterocycles. The molecule has 2 saturated heterocycles. The maximum absolute atomic E-state index is 12.8. The smallest absolute Gasteiger partial charge is 0.255 e. The van der Waals surface area contributed by atoms with Crippen LogP contribution >= 0.6 is 0 Å². The minimum atomic E-state index is -0.111. The minimum Gasteiger partial charge on any atom is -0.364 e. The lowest BCUT2D eigenvalue weighted by atomic mass is 10.0. The van der Waals surface area contributed by atoms with Gasteiger partial charge < -0.3 is 14.8 Å². The number of hydrogen-bond acceptors (Lipinski definition) is 4. The summed E-state index contributed by atoms with van der Waals surface area (Å²) in [5, 5.41) is 0. The summed E-state index contributed by atoms with van der Waals surface area (Å²) in [6.45, 7) is 5.23. The molecule has 0 aromatic carbocycles. The highest BCUT2D eigenvalue weighted by atomic mass is 16.2. The third kappa shape index (κ3) is 3.13. The summed E-state index contributed by atoms with van der Waals surface area (Å²) in [6, 6.07) is 3.44. The Morgan fingerprint density at radius 1 is 1.31 bits per heavy atom. The number of anilines is 1. The van der Waals surface area contributed by atoms with Gasteiger partial charge in [0.2, 0.25) is 5.95 Å². The van der Waals surface area contributed by atoms with Crippen LogP contribution in [0.2, 0.25) is 0 Å². The maximum Gasteiger partial charge on any atom is 0.255 e. The summed E-state index contributed by atoms with van der Waals surface area (Å²) < 4.78 is 0. The summed E-state index contributed by atoms with van der Waals surface area (Å²) in [7, 11) is 0. The number of aryl methyl sites for hydroxylation is 1.